The van der Waals surface area contributed by atoms with Crippen molar-refractivity contribution in [3.05, 3.63) is 23.3 Å². The Labute approximate surface area is 108 Å². The molecule has 0 aromatic heterocycles. The second-order valence-electron chi connectivity index (χ2n) is 5.42. The number of carbonyl (C=O) groups excluding carboxylic acids is 2. The van der Waals surface area contributed by atoms with Crippen LogP contribution in [0.2, 0.25) is 0 Å². The Kier molecular flexibility index (Phi) is 3.69. The average Bonchev–Trinajstić information content (AvgIpc) is 2.59. The fourth-order valence-electron chi connectivity index (χ4n) is 2.62. The van der Waals surface area contributed by atoms with Gasteiger partial charge in [0.05, 0.1) is 5.92 Å². The van der Waals surface area contributed by atoms with E-state index >= 15 is 0 Å². The van der Waals surface area contributed by atoms with Crippen LogP contribution in [-0.4, -0.2) is 17.9 Å². The average molecular weight is 248 g/mol. The number of ketones is 1. The molecule has 0 saturated carbocycles. The van der Waals surface area contributed by atoms with Gasteiger partial charge >= 0.3 is 5.97 Å². The summed E-state index contributed by atoms with van der Waals surface area (Å²) in [6.45, 7) is 5.77. The number of allylic oxidation sites excluding steroid dienone is 3. The van der Waals surface area contributed by atoms with Crippen molar-refractivity contribution in [2.24, 2.45) is 11.8 Å². The van der Waals surface area contributed by atoms with Gasteiger partial charge in [-0.05, 0) is 38.3 Å². The molecule has 0 radical (unpaired) electrons. The molecular formula is C15H20O3. The maximum absolute atomic E-state index is 11.9. The van der Waals surface area contributed by atoms with E-state index in [1.165, 1.54) is 5.57 Å². The summed E-state index contributed by atoms with van der Waals surface area (Å²) < 4.78 is 5.38. The van der Waals surface area contributed by atoms with Crippen LogP contribution in [0.15, 0.2) is 23.3 Å². The molecule has 0 bridgehead atoms. The number of carbonyl (C=O) groups is 2. The normalized spacial score (nSPS) is 39.2. The van der Waals surface area contributed by atoms with Crippen molar-refractivity contribution < 1.29 is 14.3 Å². The monoisotopic (exact) mass is 248 g/mol. The highest BCUT2D eigenvalue weighted by Crippen LogP contribution is 2.34. The smallest absolute Gasteiger partial charge is 0.309 e. The first-order valence-electron chi connectivity index (χ1n) is 6.57. The minimum Gasteiger partial charge on any atom is -0.458 e. The molecule has 0 aromatic carbocycles. The first kappa shape index (κ1) is 13.1. The highest BCUT2D eigenvalue weighted by atomic mass is 16.6. The highest BCUT2D eigenvalue weighted by Gasteiger charge is 2.40. The molecule has 0 aromatic rings. The summed E-state index contributed by atoms with van der Waals surface area (Å²) in [5.74, 6) is 0.107. The molecule has 1 fully saturated rings. The third kappa shape index (κ3) is 2.55. The molecule has 18 heavy (non-hydrogen) atoms. The van der Waals surface area contributed by atoms with Gasteiger partial charge < -0.3 is 4.74 Å². The summed E-state index contributed by atoms with van der Waals surface area (Å²) in [6.07, 6.45) is 5.95. The van der Waals surface area contributed by atoms with Crippen molar-refractivity contribution in [3.8, 4) is 0 Å². The maximum Gasteiger partial charge on any atom is 0.309 e. The van der Waals surface area contributed by atoms with Crippen LogP contribution in [0.5, 0.6) is 0 Å². The molecule has 1 heterocycles. The van der Waals surface area contributed by atoms with Gasteiger partial charge in [-0.25, -0.2) is 0 Å². The van der Waals surface area contributed by atoms with Gasteiger partial charge in [0.2, 0.25) is 0 Å². The quantitative estimate of drug-likeness (QED) is 0.489. The third-order valence-corrected chi connectivity index (χ3v) is 4.05. The van der Waals surface area contributed by atoms with Crippen LogP contribution < -0.4 is 0 Å². The van der Waals surface area contributed by atoms with Crippen molar-refractivity contribution in [2.45, 2.75) is 46.1 Å². The van der Waals surface area contributed by atoms with E-state index in [1.54, 1.807) is 6.92 Å². The zero-order valence-electron chi connectivity index (χ0n) is 11.2. The summed E-state index contributed by atoms with van der Waals surface area (Å²) in [7, 11) is 0. The molecule has 1 saturated heterocycles. The van der Waals surface area contributed by atoms with Gasteiger partial charge in [-0.2, -0.15) is 0 Å². The van der Waals surface area contributed by atoms with Gasteiger partial charge in [-0.15, -0.1) is 0 Å². The Morgan fingerprint density at radius 3 is 2.72 bits per heavy atom. The summed E-state index contributed by atoms with van der Waals surface area (Å²) >= 11 is 0. The van der Waals surface area contributed by atoms with Gasteiger partial charge in [-0.1, -0.05) is 18.6 Å². The predicted octanol–water partition coefficient (Wildman–Crippen LogP) is 2.81. The van der Waals surface area contributed by atoms with E-state index in [0.717, 1.165) is 12.8 Å². The van der Waals surface area contributed by atoms with Crippen LogP contribution >= 0.6 is 0 Å². The Bertz CT molecular complexity index is 431. The maximum atomic E-state index is 11.9. The van der Waals surface area contributed by atoms with Crippen molar-refractivity contribution in [2.75, 3.05) is 0 Å². The summed E-state index contributed by atoms with van der Waals surface area (Å²) in [6, 6.07) is 0. The third-order valence-electron chi connectivity index (χ3n) is 4.05. The van der Waals surface area contributed by atoms with Crippen molar-refractivity contribution >= 4 is 11.8 Å². The summed E-state index contributed by atoms with van der Waals surface area (Å²) in [5.41, 5.74) is 1.93. The number of fused-ring (bicyclic) bond motifs is 1. The molecule has 0 amide bonds. The van der Waals surface area contributed by atoms with Crippen LogP contribution in [-0.2, 0) is 14.3 Å². The van der Waals surface area contributed by atoms with Crippen molar-refractivity contribution in [1.29, 1.82) is 0 Å². The molecule has 0 N–H and O–H groups in total. The first-order valence-corrected chi connectivity index (χ1v) is 6.57. The number of rotatable bonds is 0. The number of Topliss-reactive ketones (excluding diaryl/α,β-unsaturated/α-hetero) is 1. The number of hydrogen-bond donors (Lipinski definition) is 0. The van der Waals surface area contributed by atoms with Crippen LogP contribution in [0, 0.1) is 11.8 Å². The van der Waals surface area contributed by atoms with Gasteiger partial charge in [0.1, 0.15) is 6.10 Å². The molecule has 0 spiro atoms. The fraction of sp³-hybridized carbons (Fsp3) is 0.600. The highest BCUT2D eigenvalue weighted by molar-refractivity contribution is 5.96. The Balaban J connectivity index is 2.29. The van der Waals surface area contributed by atoms with Crippen molar-refractivity contribution in [3.63, 3.8) is 0 Å². The van der Waals surface area contributed by atoms with E-state index < -0.39 is 0 Å². The molecule has 1 aliphatic carbocycles. The molecule has 2 rings (SSSR count). The van der Waals surface area contributed by atoms with Gasteiger partial charge in [-0.3, -0.25) is 9.59 Å². The molecule has 3 heteroatoms. The Morgan fingerprint density at radius 1 is 1.28 bits per heavy atom. The molecule has 1 aliphatic heterocycles. The van der Waals surface area contributed by atoms with Gasteiger partial charge in [0.25, 0.3) is 0 Å². The topological polar surface area (TPSA) is 43.4 Å². The van der Waals surface area contributed by atoms with Crippen LogP contribution in [0.4, 0.5) is 0 Å². The van der Waals surface area contributed by atoms with Crippen LogP contribution in [0.1, 0.15) is 40.0 Å². The molecule has 3 nitrogen and oxygen atoms in total. The van der Waals surface area contributed by atoms with Crippen LogP contribution in [0.25, 0.3) is 0 Å². The predicted molar refractivity (Wildman–Crippen MR) is 68.9 cm³/mol. The lowest BCUT2D eigenvalue weighted by molar-refractivity contribution is -0.142. The van der Waals surface area contributed by atoms with E-state index in [0.29, 0.717) is 12.0 Å². The van der Waals surface area contributed by atoms with Gasteiger partial charge in [0, 0.05) is 12.3 Å². The van der Waals surface area contributed by atoms with Crippen LogP contribution in [0.3, 0.4) is 0 Å². The lowest BCUT2D eigenvalue weighted by atomic mass is 9.84. The minimum atomic E-state index is -0.220. The molecule has 3 atom stereocenters. The minimum absolute atomic E-state index is 0.0682. The lowest BCUT2D eigenvalue weighted by Gasteiger charge is -2.18. The summed E-state index contributed by atoms with van der Waals surface area (Å²) in [5, 5.41) is 0. The molecular weight excluding hydrogens is 228 g/mol. The first-order chi connectivity index (χ1) is 8.49. The number of hydrogen-bond acceptors (Lipinski definition) is 3. The van der Waals surface area contributed by atoms with E-state index in [4.69, 9.17) is 4.74 Å². The second kappa shape index (κ2) is 5.09. The summed E-state index contributed by atoms with van der Waals surface area (Å²) in [4.78, 5) is 23.5. The van der Waals surface area contributed by atoms with Crippen molar-refractivity contribution in [1.82, 2.24) is 0 Å². The number of ether oxygens (including phenoxy) is 1. The standard InChI is InChI=1S/C15H20O3/c1-9-4-6-12-11(3)15(17)18-14(12)8-10(2)13(16)7-5-9/h5,8,11-12,14H,4,6-7H2,1-3H3/b9-5+,10-8+/t11-,12-,14+/m0/s1. The zero-order chi connectivity index (χ0) is 13.3. The second-order valence-corrected chi connectivity index (χ2v) is 5.42. The van der Waals surface area contributed by atoms with E-state index in [1.807, 2.05) is 26.0 Å². The number of esters is 1. The van der Waals surface area contributed by atoms with E-state index in [2.05, 4.69) is 0 Å². The molecule has 98 valence electrons. The van der Waals surface area contributed by atoms with E-state index in [9.17, 15) is 9.59 Å². The molecule has 2 aliphatic rings. The Morgan fingerprint density at radius 2 is 2.00 bits per heavy atom. The van der Waals surface area contributed by atoms with Gasteiger partial charge in [0.15, 0.2) is 5.78 Å². The Hall–Kier alpha value is -1.38. The largest absolute Gasteiger partial charge is 0.458 e. The molecule has 0 unspecified atom stereocenters. The van der Waals surface area contributed by atoms with E-state index in [-0.39, 0.29) is 29.7 Å². The SMILES string of the molecule is C/C1=C\CC(=O)/C(C)=C/[C@H]2OC(=O)[C@@H](C)[C@@H]2CC1. The lowest BCUT2D eigenvalue weighted by Crippen LogP contribution is -2.19. The fourth-order valence-corrected chi connectivity index (χ4v) is 2.62. The zero-order valence-corrected chi connectivity index (χ0v) is 11.2.